The van der Waals surface area contributed by atoms with Gasteiger partial charge in [0.15, 0.2) is 0 Å². The van der Waals surface area contributed by atoms with E-state index >= 15 is 0 Å². The molecule has 0 saturated carbocycles. The fourth-order valence-electron chi connectivity index (χ4n) is 3.10. The number of carbonyl (C=O) groups is 1. The molecule has 0 saturated heterocycles. The lowest BCUT2D eigenvalue weighted by molar-refractivity contribution is 0.0602. The number of ether oxygens (including phenoxy) is 1. The number of pyridine rings is 2. The Bertz CT molecular complexity index is 1240. The molecule has 3 heterocycles. The van der Waals surface area contributed by atoms with E-state index in [4.69, 9.17) is 21.6 Å². The van der Waals surface area contributed by atoms with Crippen LogP contribution < -0.4 is 0 Å². The van der Waals surface area contributed by atoms with Gasteiger partial charge < -0.3 is 9.30 Å². The molecule has 4 aromatic rings. The first-order valence-electron chi connectivity index (χ1n) is 8.10. The van der Waals surface area contributed by atoms with Crippen LogP contribution in [-0.4, -0.2) is 27.6 Å². The first-order chi connectivity index (χ1) is 13.1. The van der Waals surface area contributed by atoms with Crippen LogP contribution in [-0.2, 0) is 11.3 Å². The van der Waals surface area contributed by atoms with Gasteiger partial charge in [-0.1, -0.05) is 17.7 Å². The molecule has 0 atom stereocenters. The molecule has 132 valence electrons. The maximum Gasteiger partial charge on any atom is 0.340 e. The topological polar surface area (TPSA) is 80.8 Å². The average Bonchev–Trinajstić information content (AvgIpc) is 3.04. The molecule has 6 nitrogen and oxygen atoms in total. The molecule has 4 rings (SSSR count). The summed E-state index contributed by atoms with van der Waals surface area (Å²) in [6.45, 7) is 0.517. The molecule has 0 spiro atoms. The van der Waals surface area contributed by atoms with Crippen LogP contribution in [0.25, 0.3) is 21.8 Å². The van der Waals surface area contributed by atoms with Crippen molar-refractivity contribution >= 4 is 39.4 Å². The highest BCUT2D eigenvalue weighted by molar-refractivity contribution is 6.31. The molecule has 0 aliphatic carbocycles. The lowest BCUT2D eigenvalue weighted by Crippen LogP contribution is -2.01. The molecule has 0 N–H and O–H groups in total. The number of esters is 1. The van der Waals surface area contributed by atoms with Crippen molar-refractivity contribution in [2.24, 2.45) is 0 Å². The second-order valence-corrected chi connectivity index (χ2v) is 6.48. The van der Waals surface area contributed by atoms with Crippen LogP contribution in [0.1, 0.15) is 21.6 Å². The number of halogens is 1. The van der Waals surface area contributed by atoms with Crippen LogP contribution in [0.15, 0.2) is 48.9 Å². The number of benzene rings is 1. The Morgan fingerprint density at radius 1 is 1.26 bits per heavy atom. The summed E-state index contributed by atoms with van der Waals surface area (Å²) in [4.78, 5) is 20.6. The van der Waals surface area contributed by atoms with Crippen molar-refractivity contribution in [3.05, 3.63) is 70.8 Å². The molecule has 1 aromatic carbocycles. The second-order valence-electron chi connectivity index (χ2n) is 6.04. The summed E-state index contributed by atoms with van der Waals surface area (Å²) in [6.07, 6.45) is 4.93. The summed E-state index contributed by atoms with van der Waals surface area (Å²) < 4.78 is 6.79. The molecule has 0 aliphatic heterocycles. The highest BCUT2D eigenvalue weighted by atomic mass is 35.5. The van der Waals surface area contributed by atoms with E-state index in [1.165, 1.54) is 7.11 Å². The standard InChI is InChI=1S/C20H13ClN4O2/c1-27-20(26)17-11-25(19-9-23-15(7-22)6-16(17)19)10-12-2-3-18-13(4-12)5-14(21)8-24-18/h2-6,8-9,11H,10H2,1H3. The number of nitriles is 1. The van der Waals surface area contributed by atoms with Crippen LogP contribution in [0.4, 0.5) is 0 Å². The third kappa shape index (κ3) is 3.09. The number of hydrogen-bond acceptors (Lipinski definition) is 5. The number of carbonyl (C=O) groups excluding carboxylic acids is 1. The average molecular weight is 377 g/mol. The van der Waals surface area contributed by atoms with Crippen LogP contribution in [0.5, 0.6) is 0 Å². The van der Waals surface area contributed by atoms with Crippen LogP contribution in [0.2, 0.25) is 5.02 Å². The van der Waals surface area contributed by atoms with E-state index < -0.39 is 5.97 Å². The number of hydrogen-bond donors (Lipinski definition) is 0. The van der Waals surface area contributed by atoms with E-state index in [0.717, 1.165) is 22.0 Å². The summed E-state index contributed by atoms with van der Waals surface area (Å²) in [5, 5.41) is 11.3. The van der Waals surface area contributed by atoms with Gasteiger partial charge in [-0.2, -0.15) is 5.26 Å². The number of nitrogens with zero attached hydrogens (tertiary/aromatic N) is 4. The Kier molecular flexibility index (Phi) is 4.22. The highest BCUT2D eigenvalue weighted by Crippen LogP contribution is 2.25. The molecule has 0 fully saturated rings. The van der Waals surface area contributed by atoms with Crippen LogP contribution in [0.3, 0.4) is 0 Å². The van der Waals surface area contributed by atoms with Gasteiger partial charge in [0.1, 0.15) is 11.8 Å². The summed E-state index contributed by atoms with van der Waals surface area (Å²) in [6, 6.07) is 11.4. The van der Waals surface area contributed by atoms with Crippen LogP contribution >= 0.6 is 11.6 Å². The number of rotatable bonds is 3. The molecule has 0 unspecified atom stereocenters. The zero-order valence-corrected chi connectivity index (χ0v) is 15.1. The minimum atomic E-state index is -0.455. The quantitative estimate of drug-likeness (QED) is 0.506. The Morgan fingerprint density at radius 3 is 2.89 bits per heavy atom. The van der Waals surface area contributed by atoms with Crippen molar-refractivity contribution < 1.29 is 9.53 Å². The molecular formula is C20H13ClN4O2. The van der Waals surface area contributed by atoms with E-state index in [2.05, 4.69) is 9.97 Å². The lowest BCUT2D eigenvalue weighted by atomic mass is 10.1. The van der Waals surface area contributed by atoms with E-state index in [0.29, 0.717) is 22.5 Å². The van der Waals surface area contributed by atoms with Gasteiger partial charge in [-0.15, -0.1) is 0 Å². The third-order valence-corrected chi connectivity index (χ3v) is 4.56. The zero-order chi connectivity index (χ0) is 19.0. The number of methoxy groups -OCH3 is 1. The van der Waals surface area contributed by atoms with Crippen molar-refractivity contribution in [3.63, 3.8) is 0 Å². The Morgan fingerprint density at radius 2 is 2.11 bits per heavy atom. The van der Waals surface area contributed by atoms with Gasteiger partial charge >= 0.3 is 5.97 Å². The lowest BCUT2D eigenvalue weighted by Gasteiger charge is -2.07. The molecular weight excluding hydrogens is 364 g/mol. The summed E-state index contributed by atoms with van der Waals surface area (Å²) >= 11 is 6.04. The Balaban J connectivity index is 1.82. The summed E-state index contributed by atoms with van der Waals surface area (Å²) in [5.74, 6) is -0.455. The normalized spacial score (nSPS) is 10.9. The molecule has 0 bridgehead atoms. The molecule has 3 aromatic heterocycles. The highest BCUT2D eigenvalue weighted by Gasteiger charge is 2.17. The van der Waals surface area contributed by atoms with E-state index in [1.54, 1.807) is 24.7 Å². The minimum absolute atomic E-state index is 0.247. The maximum atomic E-state index is 12.1. The van der Waals surface area contributed by atoms with Crippen molar-refractivity contribution in [1.29, 1.82) is 5.26 Å². The second kappa shape index (κ2) is 6.71. The van der Waals surface area contributed by atoms with Gasteiger partial charge in [0.05, 0.1) is 34.9 Å². The van der Waals surface area contributed by atoms with Gasteiger partial charge in [-0.05, 0) is 29.8 Å². The molecule has 0 amide bonds. The minimum Gasteiger partial charge on any atom is -0.465 e. The van der Waals surface area contributed by atoms with E-state index in [-0.39, 0.29) is 5.69 Å². The maximum absolute atomic E-state index is 12.1. The van der Waals surface area contributed by atoms with Crippen molar-refractivity contribution in [3.8, 4) is 6.07 Å². The van der Waals surface area contributed by atoms with Gasteiger partial charge in [-0.3, -0.25) is 4.98 Å². The van der Waals surface area contributed by atoms with Gasteiger partial charge in [0.2, 0.25) is 0 Å². The fraction of sp³-hybridized carbons (Fsp3) is 0.100. The van der Waals surface area contributed by atoms with Crippen molar-refractivity contribution in [2.45, 2.75) is 6.54 Å². The summed E-state index contributed by atoms with van der Waals surface area (Å²) in [5.41, 5.74) is 3.27. The largest absolute Gasteiger partial charge is 0.465 e. The Hall–Kier alpha value is -3.43. The van der Waals surface area contributed by atoms with Crippen molar-refractivity contribution in [2.75, 3.05) is 7.11 Å². The smallest absolute Gasteiger partial charge is 0.340 e. The SMILES string of the molecule is COC(=O)c1cn(Cc2ccc3ncc(Cl)cc3c2)c2cnc(C#N)cc12. The van der Waals surface area contributed by atoms with Gasteiger partial charge in [0.25, 0.3) is 0 Å². The third-order valence-electron chi connectivity index (χ3n) is 4.35. The first kappa shape index (κ1) is 17.0. The zero-order valence-electron chi connectivity index (χ0n) is 14.3. The Labute approximate surface area is 159 Å². The molecule has 7 heteroatoms. The fourth-order valence-corrected chi connectivity index (χ4v) is 3.27. The van der Waals surface area contributed by atoms with E-state index in [9.17, 15) is 4.79 Å². The molecule has 0 aliphatic rings. The number of fused-ring (bicyclic) bond motifs is 2. The predicted octanol–water partition coefficient (Wildman–Crippen LogP) is 3.94. The van der Waals surface area contributed by atoms with E-state index in [1.807, 2.05) is 34.9 Å². The molecule has 27 heavy (non-hydrogen) atoms. The molecule has 0 radical (unpaired) electrons. The summed E-state index contributed by atoms with van der Waals surface area (Å²) in [7, 11) is 1.33. The monoisotopic (exact) mass is 376 g/mol. The van der Waals surface area contributed by atoms with Crippen molar-refractivity contribution in [1.82, 2.24) is 14.5 Å². The van der Waals surface area contributed by atoms with Crippen LogP contribution in [0, 0.1) is 11.3 Å². The van der Waals surface area contributed by atoms with Gasteiger partial charge in [0, 0.05) is 29.7 Å². The predicted molar refractivity (Wildman–Crippen MR) is 102 cm³/mol. The first-order valence-corrected chi connectivity index (χ1v) is 8.48. The van der Waals surface area contributed by atoms with Gasteiger partial charge in [-0.25, -0.2) is 9.78 Å². The number of aromatic nitrogens is 3.